The molecule has 3 heterocycles. The molecule has 3 aromatic rings. The van der Waals surface area contributed by atoms with Crippen molar-refractivity contribution < 1.29 is 9.18 Å². The van der Waals surface area contributed by atoms with Gasteiger partial charge < -0.3 is 9.88 Å². The van der Waals surface area contributed by atoms with Crippen LogP contribution in [-0.4, -0.2) is 36.4 Å². The zero-order valence-electron chi connectivity index (χ0n) is 15.6. The van der Waals surface area contributed by atoms with Gasteiger partial charge in [0.05, 0.1) is 18.8 Å². The first-order valence-corrected chi connectivity index (χ1v) is 9.75. The van der Waals surface area contributed by atoms with Crippen LogP contribution in [0.2, 0.25) is 5.02 Å². The molecule has 0 saturated heterocycles. The number of carbonyl (C=O) groups is 1. The Bertz CT molecular complexity index is 1080. The number of imidazole rings is 1. The SMILES string of the molecule is O=C(NCCn1ccnc1)C1CCCn2c1nn(Cc1ccc(F)cc1Cl)c2=O. The molecule has 4 rings (SSSR count). The number of nitrogens with one attached hydrogen (secondary N) is 1. The molecule has 1 N–H and O–H groups in total. The van der Waals surface area contributed by atoms with E-state index >= 15 is 0 Å². The molecule has 1 atom stereocenters. The van der Waals surface area contributed by atoms with Crippen LogP contribution in [0.25, 0.3) is 0 Å². The van der Waals surface area contributed by atoms with Crippen LogP contribution in [0.15, 0.2) is 41.7 Å². The quantitative estimate of drug-likeness (QED) is 0.661. The van der Waals surface area contributed by atoms with Crippen LogP contribution in [0, 0.1) is 5.82 Å². The highest BCUT2D eigenvalue weighted by atomic mass is 35.5. The average molecular weight is 419 g/mol. The molecule has 0 radical (unpaired) electrons. The van der Waals surface area contributed by atoms with Crippen molar-refractivity contribution in [3.63, 3.8) is 0 Å². The van der Waals surface area contributed by atoms with Gasteiger partial charge >= 0.3 is 5.69 Å². The van der Waals surface area contributed by atoms with Gasteiger partial charge in [-0.05, 0) is 30.5 Å². The van der Waals surface area contributed by atoms with E-state index in [0.717, 1.165) is 6.42 Å². The minimum absolute atomic E-state index is 0.118. The molecule has 0 saturated carbocycles. The maximum absolute atomic E-state index is 13.3. The van der Waals surface area contributed by atoms with Crippen LogP contribution >= 0.6 is 11.6 Å². The Balaban J connectivity index is 1.50. The third-order valence-corrected chi connectivity index (χ3v) is 5.37. The molecule has 10 heteroatoms. The van der Waals surface area contributed by atoms with Gasteiger partial charge in [-0.2, -0.15) is 5.10 Å². The van der Waals surface area contributed by atoms with E-state index < -0.39 is 11.7 Å². The van der Waals surface area contributed by atoms with E-state index in [-0.39, 0.29) is 23.2 Å². The molecular formula is C19H20ClFN6O2. The van der Waals surface area contributed by atoms with E-state index in [1.54, 1.807) is 17.1 Å². The molecule has 2 aromatic heterocycles. The standard InChI is InChI=1S/C19H20ClFN6O2/c20-16-10-14(21)4-3-13(16)11-27-19(29)26-7-1-2-15(17(26)24-27)18(28)23-6-9-25-8-5-22-12-25/h3-5,8,10,12,15H,1-2,6-7,9,11H2,(H,23,28). The minimum atomic E-state index is -0.482. The summed E-state index contributed by atoms with van der Waals surface area (Å²) in [5, 5.41) is 7.55. The van der Waals surface area contributed by atoms with E-state index in [0.29, 0.717) is 37.4 Å². The number of aromatic nitrogens is 5. The Morgan fingerprint density at radius 3 is 3.00 bits per heavy atom. The van der Waals surface area contributed by atoms with Crippen molar-refractivity contribution >= 4 is 17.5 Å². The average Bonchev–Trinajstić information content (AvgIpc) is 3.32. The highest BCUT2D eigenvalue weighted by Crippen LogP contribution is 2.25. The predicted octanol–water partition coefficient (Wildman–Crippen LogP) is 1.78. The predicted molar refractivity (Wildman–Crippen MR) is 104 cm³/mol. The first-order chi connectivity index (χ1) is 14.0. The van der Waals surface area contributed by atoms with E-state index in [4.69, 9.17) is 11.6 Å². The number of benzene rings is 1. The van der Waals surface area contributed by atoms with Gasteiger partial charge in [-0.3, -0.25) is 9.36 Å². The van der Waals surface area contributed by atoms with Gasteiger partial charge in [0.2, 0.25) is 5.91 Å². The molecular weight excluding hydrogens is 399 g/mol. The summed E-state index contributed by atoms with van der Waals surface area (Å²) in [6.45, 7) is 1.71. The summed E-state index contributed by atoms with van der Waals surface area (Å²) in [6.07, 6.45) is 6.54. The highest BCUT2D eigenvalue weighted by Gasteiger charge is 2.31. The first kappa shape index (κ1) is 19.4. The molecule has 152 valence electrons. The van der Waals surface area contributed by atoms with E-state index in [1.165, 1.54) is 22.9 Å². The lowest BCUT2D eigenvalue weighted by Crippen LogP contribution is -2.36. The number of nitrogens with zero attached hydrogens (tertiary/aromatic N) is 5. The van der Waals surface area contributed by atoms with Crippen molar-refractivity contribution in [2.24, 2.45) is 0 Å². The lowest BCUT2D eigenvalue weighted by molar-refractivity contribution is -0.123. The number of carbonyl (C=O) groups excluding carboxylic acids is 1. The van der Waals surface area contributed by atoms with Crippen molar-refractivity contribution in [2.45, 2.75) is 38.4 Å². The van der Waals surface area contributed by atoms with Crippen LogP contribution in [-0.2, 0) is 24.4 Å². The summed E-state index contributed by atoms with van der Waals surface area (Å²) in [6, 6.07) is 4.02. The lowest BCUT2D eigenvalue weighted by Gasteiger charge is -2.21. The zero-order valence-corrected chi connectivity index (χ0v) is 16.3. The summed E-state index contributed by atoms with van der Waals surface area (Å²) >= 11 is 6.08. The number of hydrogen-bond donors (Lipinski definition) is 1. The number of halogens is 2. The molecule has 0 fully saturated rings. The first-order valence-electron chi connectivity index (χ1n) is 9.38. The van der Waals surface area contributed by atoms with Gasteiger partial charge in [0.15, 0.2) is 0 Å². The largest absolute Gasteiger partial charge is 0.354 e. The van der Waals surface area contributed by atoms with Gasteiger partial charge in [0.1, 0.15) is 11.6 Å². The second-order valence-electron chi connectivity index (χ2n) is 6.97. The fraction of sp³-hybridized carbons (Fsp3) is 0.368. The van der Waals surface area contributed by atoms with Crippen LogP contribution in [0.4, 0.5) is 4.39 Å². The molecule has 1 amide bonds. The minimum Gasteiger partial charge on any atom is -0.354 e. The molecule has 8 nitrogen and oxygen atoms in total. The van der Waals surface area contributed by atoms with Crippen molar-refractivity contribution in [3.05, 3.63) is 69.6 Å². The Hall–Kier alpha value is -2.94. The summed E-state index contributed by atoms with van der Waals surface area (Å²) in [4.78, 5) is 29.4. The van der Waals surface area contributed by atoms with E-state index in [2.05, 4.69) is 15.4 Å². The monoisotopic (exact) mass is 418 g/mol. The third-order valence-electron chi connectivity index (χ3n) is 5.02. The second-order valence-corrected chi connectivity index (χ2v) is 7.38. The van der Waals surface area contributed by atoms with Crippen molar-refractivity contribution in [3.8, 4) is 0 Å². The van der Waals surface area contributed by atoms with Gasteiger partial charge in [-0.25, -0.2) is 18.9 Å². The summed E-state index contributed by atoms with van der Waals surface area (Å²) in [7, 11) is 0. The second kappa shape index (κ2) is 8.20. The van der Waals surface area contributed by atoms with E-state index in [1.807, 2.05) is 10.8 Å². The third kappa shape index (κ3) is 4.09. The van der Waals surface area contributed by atoms with Crippen molar-refractivity contribution in [1.82, 2.24) is 29.2 Å². The Morgan fingerprint density at radius 2 is 2.24 bits per heavy atom. The Labute approximate surface area is 170 Å². The van der Waals surface area contributed by atoms with Crippen LogP contribution < -0.4 is 11.0 Å². The van der Waals surface area contributed by atoms with Crippen LogP contribution in [0.5, 0.6) is 0 Å². The maximum atomic E-state index is 13.3. The van der Waals surface area contributed by atoms with Crippen LogP contribution in [0.1, 0.15) is 30.1 Å². The fourth-order valence-electron chi connectivity index (χ4n) is 3.52. The summed E-state index contributed by atoms with van der Waals surface area (Å²) < 4.78 is 18.0. The summed E-state index contributed by atoms with van der Waals surface area (Å²) in [5.74, 6) is -0.616. The Kier molecular flexibility index (Phi) is 5.48. The normalized spacial score (nSPS) is 15.9. The molecule has 1 aliphatic heterocycles. The van der Waals surface area contributed by atoms with Crippen LogP contribution in [0.3, 0.4) is 0 Å². The van der Waals surface area contributed by atoms with E-state index in [9.17, 15) is 14.0 Å². The molecule has 0 aliphatic carbocycles. The van der Waals surface area contributed by atoms with Crippen molar-refractivity contribution in [2.75, 3.05) is 6.54 Å². The van der Waals surface area contributed by atoms with Crippen molar-refractivity contribution in [1.29, 1.82) is 0 Å². The fourth-order valence-corrected chi connectivity index (χ4v) is 3.75. The Morgan fingerprint density at radius 1 is 1.38 bits per heavy atom. The number of fused-ring (bicyclic) bond motifs is 1. The topological polar surface area (TPSA) is 86.7 Å². The molecule has 1 aromatic carbocycles. The maximum Gasteiger partial charge on any atom is 0.346 e. The zero-order chi connectivity index (χ0) is 20.4. The number of rotatable bonds is 6. The summed E-state index contributed by atoms with van der Waals surface area (Å²) in [5.41, 5.74) is 0.295. The molecule has 29 heavy (non-hydrogen) atoms. The van der Waals surface area contributed by atoms with Gasteiger partial charge in [-0.15, -0.1) is 0 Å². The number of amides is 1. The molecule has 1 aliphatic rings. The highest BCUT2D eigenvalue weighted by molar-refractivity contribution is 6.31. The molecule has 1 unspecified atom stereocenters. The molecule has 0 bridgehead atoms. The van der Waals surface area contributed by atoms with Gasteiger partial charge in [0, 0.05) is 37.1 Å². The van der Waals surface area contributed by atoms with Gasteiger partial charge in [-0.1, -0.05) is 17.7 Å². The number of hydrogen-bond acceptors (Lipinski definition) is 4. The smallest absolute Gasteiger partial charge is 0.346 e. The van der Waals surface area contributed by atoms with Gasteiger partial charge in [0.25, 0.3) is 0 Å². The lowest BCUT2D eigenvalue weighted by atomic mass is 9.98. The molecule has 0 spiro atoms.